The van der Waals surface area contributed by atoms with Crippen LogP contribution in [0.5, 0.6) is 5.75 Å². The predicted octanol–water partition coefficient (Wildman–Crippen LogP) is 2.78. The van der Waals surface area contributed by atoms with Crippen molar-refractivity contribution in [3.63, 3.8) is 0 Å². The second kappa shape index (κ2) is 10.2. The molecule has 2 aromatic carbocycles. The fourth-order valence-electron chi connectivity index (χ4n) is 2.89. The number of anilines is 1. The smallest absolute Gasteiger partial charge is 0.264 e. The summed E-state index contributed by atoms with van der Waals surface area (Å²) >= 11 is 0. The Labute approximate surface area is 175 Å². The Morgan fingerprint density at radius 3 is 2.43 bits per heavy atom. The van der Waals surface area contributed by atoms with E-state index in [4.69, 9.17) is 9.47 Å². The first-order chi connectivity index (χ1) is 14.5. The molecule has 1 aliphatic rings. The van der Waals surface area contributed by atoms with Crippen LogP contribution in [0.2, 0.25) is 0 Å². The SMILES string of the molecule is Cc1ccc(NC(=O)COc2ccc(C=C(C#N)C(=O)N3CCOCC3)cc2)cc1. The zero-order valence-corrected chi connectivity index (χ0v) is 16.8. The number of nitrogens with one attached hydrogen (secondary N) is 1. The molecule has 7 heteroatoms. The molecule has 7 nitrogen and oxygen atoms in total. The molecule has 0 bridgehead atoms. The lowest BCUT2D eigenvalue weighted by atomic mass is 10.1. The molecule has 0 aromatic heterocycles. The van der Waals surface area contributed by atoms with Crippen LogP contribution in [0.4, 0.5) is 5.69 Å². The highest BCUT2D eigenvalue weighted by atomic mass is 16.5. The van der Waals surface area contributed by atoms with E-state index >= 15 is 0 Å². The molecule has 0 unspecified atom stereocenters. The van der Waals surface area contributed by atoms with Gasteiger partial charge in [0.05, 0.1) is 13.2 Å². The van der Waals surface area contributed by atoms with E-state index in [9.17, 15) is 14.9 Å². The van der Waals surface area contributed by atoms with E-state index in [1.807, 2.05) is 37.3 Å². The van der Waals surface area contributed by atoms with Crippen LogP contribution in [-0.2, 0) is 14.3 Å². The molecule has 1 aliphatic heterocycles. The first-order valence-corrected chi connectivity index (χ1v) is 9.63. The summed E-state index contributed by atoms with van der Waals surface area (Å²) in [5, 5.41) is 12.1. The molecule has 154 valence electrons. The third-order valence-corrected chi connectivity index (χ3v) is 4.55. The molecule has 0 atom stereocenters. The average Bonchev–Trinajstić information content (AvgIpc) is 2.78. The van der Waals surface area contributed by atoms with Gasteiger partial charge in [0.2, 0.25) is 0 Å². The van der Waals surface area contributed by atoms with Gasteiger partial charge in [-0.05, 0) is 42.8 Å². The van der Waals surface area contributed by atoms with Gasteiger partial charge in [-0.3, -0.25) is 9.59 Å². The van der Waals surface area contributed by atoms with Crippen molar-refractivity contribution in [1.29, 1.82) is 5.26 Å². The maximum absolute atomic E-state index is 12.5. The van der Waals surface area contributed by atoms with Crippen molar-refractivity contribution in [3.8, 4) is 11.8 Å². The fraction of sp³-hybridized carbons (Fsp3) is 0.261. The van der Waals surface area contributed by atoms with Gasteiger partial charge in [0, 0.05) is 18.8 Å². The predicted molar refractivity (Wildman–Crippen MR) is 113 cm³/mol. The van der Waals surface area contributed by atoms with Crippen LogP contribution in [-0.4, -0.2) is 49.6 Å². The van der Waals surface area contributed by atoms with E-state index in [0.717, 1.165) is 5.56 Å². The molecular weight excluding hydrogens is 382 g/mol. The minimum atomic E-state index is -0.297. The maximum Gasteiger partial charge on any atom is 0.264 e. The minimum Gasteiger partial charge on any atom is -0.484 e. The average molecular weight is 405 g/mol. The van der Waals surface area contributed by atoms with Crippen LogP contribution in [0.1, 0.15) is 11.1 Å². The Balaban J connectivity index is 1.55. The maximum atomic E-state index is 12.5. The van der Waals surface area contributed by atoms with Gasteiger partial charge in [-0.2, -0.15) is 5.26 Å². The lowest BCUT2D eigenvalue weighted by Gasteiger charge is -2.26. The molecule has 2 amide bonds. The lowest BCUT2D eigenvalue weighted by Crippen LogP contribution is -2.41. The zero-order valence-electron chi connectivity index (χ0n) is 16.8. The number of benzene rings is 2. The summed E-state index contributed by atoms with van der Waals surface area (Å²) in [7, 11) is 0. The van der Waals surface area contributed by atoms with Crippen LogP contribution in [0.25, 0.3) is 6.08 Å². The van der Waals surface area contributed by atoms with Gasteiger partial charge in [-0.15, -0.1) is 0 Å². The second-order valence-electron chi connectivity index (χ2n) is 6.85. The van der Waals surface area contributed by atoms with Gasteiger partial charge in [0.1, 0.15) is 17.4 Å². The molecule has 2 aromatic rings. The van der Waals surface area contributed by atoms with Crippen molar-refractivity contribution in [2.24, 2.45) is 0 Å². The van der Waals surface area contributed by atoms with E-state index in [2.05, 4.69) is 5.32 Å². The Morgan fingerprint density at radius 1 is 1.13 bits per heavy atom. The number of nitrogens with zero attached hydrogens (tertiary/aromatic N) is 2. The zero-order chi connectivity index (χ0) is 21.3. The minimum absolute atomic E-state index is 0.0723. The van der Waals surface area contributed by atoms with Crippen LogP contribution >= 0.6 is 0 Å². The highest BCUT2D eigenvalue weighted by molar-refractivity contribution is 6.01. The highest BCUT2D eigenvalue weighted by Crippen LogP contribution is 2.16. The van der Waals surface area contributed by atoms with Gasteiger partial charge in [0.25, 0.3) is 11.8 Å². The van der Waals surface area contributed by atoms with E-state index in [1.165, 1.54) is 0 Å². The van der Waals surface area contributed by atoms with Crippen LogP contribution in [0.3, 0.4) is 0 Å². The summed E-state index contributed by atoms with van der Waals surface area (Å²) in [5.74, 6) is -0.0381. The Kier molecular flexibility index (Phi) is 7.19. The van der Waals surface area contributed by atoms with Crippen molar-refractivity contribution in [2.75, 3.05) is 38.2 Å². The van der Waals surface area contributed by atoms with Crippen LogP contribution < -0.4 is 10.1 Å². The van der Waals surface area contributed by atoms with E-state index < -0.39 is 0 Å². The Morgan fingerprint density at radius 2 is 1.80 bits per heavy atom. The third-order valence-electron chi connectivity index (χ3n) is 4.55. The molecule has 0 saturated carbocycles. The standard InChI is InChI=1S/C23H23N3O4/c1-17-2-6-20(7-3-17)25-22(27)16-30-21-8-4-18(5-9-21)14-19(15-24)23(28)26-10-12-29-13-11-26/h2-9,14H,10-13,16H2,1H3,(H,25,27). The van der Waals surface area contributed by atoms with Gasteiger partial charge < -0.3 is 19.7 Å². The van der Waals surface area contributed by atoms with Gasteiger partial charge in [0.15, 0.2) is 6.61 Å². The van der Waals surface area contributed by atoms with Crippen molar-refractivity contribution in [2.45, 2.75) is 6.92 Å². The van der Waals surface area contributed by atoms with Gasteiger partial charge in [-0.1, -0.05) is 29.8 Å². The Hall–Kier alpha value is -3.63. The molecule has 0 aliphatic carbocycles. The summed E-state index contributed by atoms with van der Waals surface area (Å²) in [6.07, 6.45) is 1.55. The summed E-state index contributed by atoms with van der Waals surface area (Å²) in [6, 6.07) is 16.3. The number of morpholine rings is 1. The third kappa shape index (κ3) is 5.93. The first-order valence-electron chi connectivity index (χ1n) is 9.63. The molecule has 1 heterocycles. The number of hydrogen-bond donors (Lipinski definition) is 1. The number of rotatable bonds is 6. The normalized spacial score (nSPS) is 14.0. The van der Waals surface area contributed by atoms with Crippen LogP contribution in [0.15, 0.2) is 54.1 Å². The van der Waals surface area contributed by atoms with Crippen molar-refractivity contribution >= 4 is 23.6 Å². The number of carbonyl (C=O) groups is 2. The molecule has 0 radical (unpaired) electrons. The number of amides is 2. The Bertz CT molecular complexity index is 953. The molecule has 30 heavy (non-hydrogen) atoms. The van der Waals surface area contributed by atoms with E-state index in [1.54, 1.807) is 35.2 Å². The van der Waals surface area contributed by atoms with E-state index in [0.29, 0.717) is 43.3 Å². The quantitative estimate of drug-likeness (QED) is 0.589. The number of nitriles is 1. The van der Waals surface area contributed by atoms with Crippen molar-refractivity contribution < 1.29 is 19.1 Å². The monoisotopic (exact) mass is 405 g/mol. The number of ether oxygens (including phenoxy) is 2. The highest BCUT2D eigenvalue weighted by Gasteiger charge is 2.20. The first kappa shape index (κ1) is 21.1. The second-order valence-corrected chi connectivity index (χ2v) is 6.85. The molecular formula is C23H23N3O4. The topological polar surface area (TPSA) is 91.7 Å². The fourth-order valence-corrected chi connectivity index (χ4v) is 2.89. The summed E-state index contributed by atoms with van der Waals surface area (Å²) in [6.45, 7) is 3.78. The largest absolute Gasteiger partial charge is 0.484 e. The molecule has 1 fully saturated rings. The number of carbonyl (C=O) groups excluding carboxylic acids is 2. The summed E-state index contributed by atoms with van der Waals surface area (Å²) < 4.78 is 10.7. The number of hydrogen-bond acceptors (Lipinski definition) is 5. The van der Waals surface area contributed by atoms with Crippen molar-refractivity contribution in [1.82, 2.24) is 4.90 Å². The molecule has 1 saturated heterocycles. The molecule has 0 spiro atoms. The molecule has 1 N–H and O–H groups in total. The molecule has 3 rings (SSSR count). The van der Waals surface area contributed by atoms with E-state index in [-0.39, 0.29) is 24.0 Å². The van der Waals surface area contributed by atoms with Gasteiger partial charge >= 0.3 is 0 Å². The lowest BCUT2D eigenvalue weighted by molar-refractivity contribution is -0.130. The summed E-state index contributed by atoms with van der Waals surface area (Å²) in [5.41, 5.74) is 2.60. The number of aryl methyl sites for hydroxylation is 1. The van der Waals surface area contributed by atoms with Crippen LogP contribution in [0, 0.1) is 18.3 Å². The summed E-state index contributed by atoms with van der Waals surface area (Å²) in [4.78, 5) is 26.1. The van der Waals surface area contributed by atoms with Gasteiger partial charge in [-0.25, -0.2) is 0 Å². The van der Waals surface area contributed by atoms with Crippen molar-refractivity contribution in [3.05, 3.63) is 65.2 Å².